The smallest absolute Gasteiger partial charge is 0.0619 e. The fraction of sp³-hybridized carbons (Fsp3) is 0. The highest BCUT2D eigenvalue weighted by molar-refractivity contribution is 9.10. The number of para-hydroxylation sites is 1. The van der Waals surface area contributed by atoms with Gasteiger partial charge in [0, 0.05) is 26.3 Å². The molecule has 0 saturated heterocycles. The highest BCUT2D eigenvalue weighted by Crippen LogP contribution is 2.38. The Morgan fingerprint density at radius 2 is 1.14 bits per heavy atom. The van der Waals surface area contributed by atoms with Gasteiger partial charge >= 0.3 is 0 Å². The molecular formula is C34H22BrN. The van der Waals surface area contributed by atoms with Crippen LogP contribution in [0, 0.1) is 0 Å². The first-order valence-corrected chi connectivity index (χ1v) is 12.9. The van der Waals surface area contributed by atoms with Crippen molar-refractivity contribution in [2.75, 3.05) is 0 Å². The largest absolute Gasteiger partial charge is 0.309 e. The van der Waals surface area contributed by atoms with E-state index in [0.717, 1.165) is 4.47 Å². The van der Waals surface area contributed by atoms with E-state index in [1.54, 1.807) is 0 Å². The van der Waals surface area contributed by atoms with Gasteiger partial charge < -0.3 is 4.57 Å². The molecule has 0 fully saturated rings. The predicted octanol–water partition coefficient (Wildman–Crippen LogP) is 10.0. The Bertz CT molecular complexity index is 1900. The Hall–Kier alpha value is -4.14. The van der Waals surface area contributed by atoms with Crippen molar-refractivity contribution < 1.29 is 0 Å². The fourth-order valence-electron chi connectivity index (χ4n) is 5.35. The molecule has 7 rings (SSSR count). The third-order valence-corrected chi connectivity index (χ3v) is 7.51. The van der Waals surface area contributed by atoms with E-state index in [2.05, 4.69) is 154 Å². The van der Waals surface area contributed by atoms with E-state index in [1.807, 2.05) is 0 Å². The Labute approximate surface area is 218 Å². The van der Waals surface area contributed by atoms with Crippen LogP contribution in [0.1, 0.15) is 0 Å². The van der Waals surface area contributed by atoms with E-state index >= 15 is 0 Å². The van der Waals surface area contributed by atoms with Crippen LogP contribution in [0.2, 0.25) is 0 Å². The van der Waals surface area contributed by atoms with E-state index in [0.29, 0.717) is 0 Å². The standard InChI is InChI=1S/C34H22BrN/c35-28-12-7-11-26(21-28)24-9-6-10-25(20-24)27-17-19-33-32(22-27)31-18-16-23-8-4-5-15-30(23)34(31)36(33)29-13-2-1-3-14-29/h1-22H. The minimum atomic E-state index is 1.09. The van der Waals surface area contributed by atoms with Gasteiger partial charge in [0.2, 0.25) is 0 Å². The van der Waals surface area contributed by atoms with E-state index in [-0.39, 0.29) is 0 Å². The molecule has 36 heavy (non-hydrogen) atoms. The third kappa shape index (κ3) is 3.45. The molecule has 2 heteroatoms. The summed E-state index contributed by atoms with van der Waals surface area (Å²) >= 11 is 3.61. The van der Waals surface area contributed by atoms with E-state index < -0.39 is 0 Å². The fourth-order valence-corrected chi connectivity index (χ4v) is 5.75. The first-order valence-electron chi connectivity index (χ1n) is 12.1. The van der Waals surface area contributed by atoms with Gasteiger partial charge in [-0.15, -0.1) is 0 Å². The number of aromatic nitrogens is 1. The van der Waals surface area contributed by atoms with Gasteiger partial charge in [0.1, 0.15) is 0 Å². The van der Waals surface area contributed by atoms with Crippen molar-refractivity contribution in [1.29, 1.82) is 0 Å². The second kappa shape index (κ2) is 8.51. The van der Waals surface area contributed by atoms with Crippen molar-refractivity contribution >= 4 is 48.5 Å². The number of halogens is 1. The molecule has 0 aliphatic rings. The number of benzene rings is 6. The lowest BCUT2D eigenvalue weighted by atomic mass is 9.97. The van der Waals surface area contributed by atoms with Gasteiger partial charge in [0.05, 0.1) is 11.0 Å². The van der Waals surface area contributed by atoms with Crippen molar-refractivity contribution in [1.82, 2.24) is 4.57 Å². The summed E-state index contributed by atoms with van der Waals surface area (Å²) in [6, 6.07) is 48.0. The second-order valence-electron chi connectivity index (χ2n) is 9.18. The zero-order valence-electron chi connectivity index (χ0n) is 19.5. The molecule has 1 heterocycles. The van der Waals surface area contributed by atoms with Gasteiger partial charge in [-0.05, 0) is 70.1 Å². The molecule has 0 N–H and O–H groups in total. The van der Waals surface area contributed by atoms with Crippen LogP contribution in [0.5, 0.6) is 0 Å². The number of hydrogen-bond acceptors (Lipinski definition) is 0. The second-order valence-corrected chi connectivity index (χ2v) is 10.1. The van der Waals surface area contributed by atoms with Crippen LogP contribution in [0.15, 0.2) is 138 Å². The number of nitrogens with zero attached hydrogens (tertiary/aromatic N) is 1. The van der Waals surface area contributed by atoms with Crippen molar-refractivity contribution in [3.63, 3.8) is 0 Å². The summed E-state index contributed by atoms with van der Waals surface area (Å²) < 4.78 is 3.50. The summed E-state index contributed by atoms with van der Waals surface area (Å²) in [6.45, 7) is 0. The van der Waals surface area contributed by atoms with Crippen molar-refractivity contribution in [3.05, 3.63) is 138 Å². The summed E-state index contributed by atoms with van der Waals surface area (Å²) in [5.41, 5.74) is 8.52. The number of fused-ring (bicyclic) bond motifs is 5. The zero-order valence-corrected chi connectivity index (χ0v) is 21.1. The SMILES string of the molecule is Brc1cccc(-c2cccc(-c3ccc4c(c3)c3ccc5ccccc5c3n4-c3ccccc3)c2)c1. The molecule has 0 unspecified atom stereocenters. The number of rotatable bonds is 3. The first-order chi connectivity index (χ1) is 17.8. The molecule has 0 bridgehead atoms. The van der Waals surface area contributed by atoms with Crippen LogP contribution in [0.4, 0.5) is 0 Å². The van der Waals surface area contributed by atoms with E-state index in [4.69, 9.17) is 0 Å². The van der Waals surface area contributed by atoms with E-state index in [9.17, 15) is 0 Å². The van der Waals surface area contributed by atoms with Crippen LogP contribution in [0.25, 0.3) is 60.5 Å². The minimum absolute atomic E-state index is 1.09. The van der Waals surface area contributed by atoms with Gasteiger partial charge in [-0.2, -0.15) is 0 Å². The molecular weight excluding hydrogens is 502 g/mol. The minimum Gasteiger partial charge on any atom is -0.309 e. The molecule has 0 amide bonds. The van der Waals surface area contributed by atoms with Crippen molar-refractivity contribution in [2.45, 2.75) is 0 Å². The third-order valence-electron chi connectivity index (χ3n) is 7.02. The molecule has 0 aliphatic heterocycles. The Kier molecular flexibility index (Phi) is 5.00. The van der Waals surface area contributed by atoms with Crippen LogP contribution in [-0.4, -0.2) is 4.57 Å². The van der Waals surface area contributed by atoms with Crippen LogP contribution in [0.3, 0.4) is 0 Å². The summed E-state index contributed by atoms with van der Waals surface area (Å²) in [5, 5.41) is 5.07. The summed E-state index contributed by atoms with van der Waals surface area (Å²) in [6.07, 6.45) is 0. The molecule has 0 aliphatic carbocycles. The molecule has 1 aromatic heterocycles. The molecule has 0 atom stereocenters. The maximum absolute atomic E-state index is 3.61. The predicted molar refractivity (Wildman–Crippen MR) is 157 cm³/mol. The van der Waals surface area contributed by atoms with Crippen LogP contribution in [-0.2, 0) is 0 Å². The van der Waals surface area contributed by atoms with Gasteiger partial charge in [0.25, 0.3) is 0 Å². The van der Waals surface area contributed by atoms with Crippen molar-refractivity contribution in [2.24, 2.45) is 0 Å². The zero-order chi connectivity index (χ0) is 24.1. The first kappa shape index (κ1) is 21.2. The van der Waals surface area contributed by atoms with Gasteiger partial charge in [0.15, 0.2) is 0 Å². The highest BCUT2D eigenvalue weighted by Gasteiger charge is 2.16. The van der Waals surface area contributed by atoms with Crippen LogP contribution >= 0.6 is 15.9 Å². The Morgan fingerprint density at radius 3 is 1.94 bits per heavy atom. The summed E-state index contributed by atoms with van der Waals surface area (Å²) in [5.74, 6) is 0. The molecule has 7 aromatic rings. The monoisotopic (exact) mass is 523 g/mol. The Morgan fingerprint density at radius 1 is 0.444 bits per heavy atom. The highest BCUT2D eigenvalue weighted by atomic mass is 79.9. The molecule has 1 nitrogen and oxygen atoms in total. The van der Waals surface area contributed by atoms with Gasteiger partial charge in [-0.1, -0.05) is 107 Å². The molecule has 0 radical (unpaired) electrons. The molecule has 170 valence electrons. The maximum Gasteiger partial charge on any atom is 0.0619 e. The molecule has 0 saturated carbocycles. The lowest BCUT2D eigenvalue weighted by Crippen LogP contribution is -1.93. The van der Waals surface area contributed by atoms with Gasteiger partial charge in [-0.25, -0.2) is 0 Å². The normalized spacial score (nSPS) is 11.5. The Balaban J connectivity index is 1.49. The molecule has 6 aromatic carbocycles. The average Bonchev–Trinajstić information content (AvgIpc) is 3.28. The van der Waals surface area contributed by atoms with Crippen molar-refractivity contribution in [3.8, 4) is 27.9 Å². The lowest BCUT2D eigenvalue weighted by Gasteiger charge is -2.10. The summed E-state index contributed by atoms with van der Waals surface area (Å²) in [7, 11) is 0. The quantitative estimate of drug-likeness (QED) is 0.217. The molecule has 0 spiro atoms. The maximum atomic E-state index is 3.61. The van der Waals surface area contributed by atoms with E-state index in [1.165, 1.54) is 60.5 Å². The average molecular weight is 524 g/mol. The van der Waals surface area contributed by atoms with Crippen LogP contribution < -0.4 is 0 Å². The lowest BCUT2D eigenvalue weighted by molar-refractivity contribution is 1.19. The number of hydrogen-bond donors (Lipinski definition) is 0. The topological polar surface area (TPSA) is 4.93 Å². The van der Waals surface area contributed by atoms with Gasteiger partial charge in [-0.3, -0.25) is 0 Å². The summed E-state index contributed by atoms with van der Waals surface area (Å²) in [4.78, 5) is 0.